The highest BCUT2D eigenvalue weighted by Crippen LogP contribution is 2.22. The minimum Gasteiger partial charge on any atom is -0.497 e. The van der Waals surface area contributed by atoms with E-state index in [4.69, 9.17) is 9.15 Å². The zero-order valence-corrected chi connectivity index (χ0v) is 14.0. The number of carbonyl (C=O) groups excluding carboxylic acids is 1. The summed E-state index contributed by atoms with van der Waals surface area (Å²) in [6.07, 6.45) is 4.77. The lowest BCUT2D eigenvalue weighted by molar-refractivity contribution is -0.114. The fraction of sp³-hybridized carbons (Fsp3) is 0.0952. The SMILES string of the molecule is COc1ccc(N(Cc2ccccc2)C(=O)/C=C/c2ccco2)cc1. The molecule has 126 valence electrons. The van der Waals surface area contributed by atoms with Crippen molar-refractivity contribution in [3.05, 3.63) is 90.4 Å². The van der Waals surface area contributed by atoms with Gasteiger partial charge < -0.3 is 14.1 Å². The number of nitrogens with zero attached hydrogens (tertiary/aromatic N) is 1. The van der Waals surface area contributed by atoms with Crippen LogP contribution in [-0.4, -0.2) is 13.0 Å². The van der Waals surface area contributed by atoms with Gasteiger partial charge in [-0.1, -0.05) is 30.3 Å². The van der Waals surface area contributed by atoms with E-state index in [1.54, 1.807) is 36.5 Å². The van der Waals surface area contributed by atoms with Crippen LogP contribution in [0.5, 0.6) is 5.75 Å². The third kappa shape index (κ3) is 4.38. The van der Waals surface area contributed by atoms with Gasteiger partial charge in [-0.3, -0.25) is 4.79 Å². The number of ether oxygens (including phenoxy) is 1. The lowest BCUT2D eigenvalue weighted by Gasteiger charge is -2.22. The van der Waals surface area contributed by atoms with Gasteiger partial charge in [-0.05, 0) is 48.0 Å². The highest BCUT2D eigenvalue weighted by atomic mass is 16.5. The van der Waals surface area contributed by atoms with Crippen molar-refractivity contribution in [1.82, 2.24) is 0 Å². The quantitative estimate of drug-likeness (QED) is 0.622. The number of rotatable bonds is 6. The van der Waals surface area contributed by atoms with Crippen molar-refractivity contribution >= 4 is 17.7 Å². The van der Waals surface area contributed by atoms with Crippen LogP contribution in [0.25, 0.3) is 6.08 Å². The molecule has 0 aliphatic rings. The molecule has 0 saturated carbocycles. The van der Waals surface area contributed by atoms with Gasteiger partial charge >= 0.3 is 0 Å². The number of amides is 1. The third-order valence-corrected chi connectivity index (χ3v) is 3.77. The first kappa shape index (κ1) is 16.6. The van der Waals surface area contributed by atoms with Gasteiger partial charge in [-0.15, -0.1) is 0 Å². The molecule has 2 aromatic carbocycles. The molecule has 0 unspecified atom stereocenters. The Labute approximate surface area is 147 Å². The highest BCUT2D eigenvalue weighted by Gasteiger charge is 2.14. The van der Waals surface area contributed by atoms with E-state index in [9.17, 15) is 4.79 Å². The van der Waals surface area contributed by atoms with Crippen molar-refractivity contribution in [3.8, 4) is 5.75 Å². The van der Waals surface area contributed by atoms with Gasteiger partial charge in [0.25, 0.3) is 5.91 Å². The van der Waals surface area contributed by atoms with E-state index < -0.39 is 0 Å². The lowest BCUT2D eigenvalue weighted by atomic mass is 10.2. The number of benzene rings is 2. The number of anilines is 1. The molecule has 4 nitrogen and oxygen atoms in total. The normalized spacial score (nSPS) is 10.8. The number of methoxy groups -OCH3 is 1. The molecule has 4 heteroatoms. The Kier molecular flexibility index (Phi) is 5.32. The molecule has 1 amide bonds. The molecule has 0 bridgehead atoms. The first-order valence-corrected chi connectivity index (χ1v) is 7.97. The molecule has 0 aliphatic heterocycles. The predicted octanol–water partition coefficient (Wildman–Crippen LogP) is 4.53. The van der Waals surface area contributed by atoms with Gasteiger partial charge in [0.05, 0.1) is 19.9 Å². The minimum absolute atomic E-state index is 0.120. The van der Waals surface area contributed by atoms with Crippen molar-refractivity contribution < 1.29 is 13.9 Å². The van der Waals surface area contributed by atoms with Crippen LogP contribution < -0.4 is 9.64 Å². The summed E-state index contributed by atoms with van der Waals surface area (Å²) in [5, 5.41) is 0. The Morgan fingerprint density at radius 1 is 1.04 bits per heavy atom. The molecule has 25 heavy (non-hydrogen) atoms. The second kappa shape index (κ2) is 8.02. The summed E-state index contributed by atoms with van der Waals surface area (Å²) in [5.41, 5.74) is 1.86. The molecule has 3 rings (SSSR count). The second-order valence-electron chi connectivity index (χ2n) is 5.46. The molecule has 0 fully saturated rings. The maximum absolute atomic E-state index is 12.8. The Bertz CT molecular complexity index is 821. The Hall–Kier alpha value is -3.27. The summed E-state index contributed by atoms with van der Waals surface area (Å²) in [4.78, 5) is 14.5. The molecular formula is C21H19NO3. The van der Waals surface area contributed by atoms with Crippen LogP contribution in [0.3, 0.4) is 0 Å². The fourth-order valence-corrected chi connectivity index (χ4v) is 2.45. The predicted molar refractivity (Wildman–Crippen MR) is 98.4 cm³/mol. The van der Waals surface area contributed by atoms with E-state index in [1.165, 1.54) is 6.08 Å². The van der Waals surface area contributed by atoms with Gasteiger partial charge in [0.15, 0.2) is 0 Å². The van der Waals surface area contributed by atoms with E-state index in [-0.39, 0.29) is 5.91 Å². The smallest absolute Gasteiger partial charge is 0.251 e. The summed E-state index contributed by atoms with van der Waals surface area (Å²) in [6.45, 7) is 0.481. The van der Waals surface area contributed by atoms with Crippen molar-refractivity contribution in [3.63, 3.8) is 0 Å². The highest BCUT2D eigenvalue weighted by molar-refractivity contribution is 6.03. The summed E-state index contributed by atoms with van der Waals surface area (Å²) < 4.78 is 10.4. The molecule has 0 atom stereocenters. The van der Waals surface area contributed by atoms with Crippen molar-refractivity contribution in [2.24, 2.45) is 0 Å². The number of hydrogen-bond acceptors (Lipinski definition) is 3. The van der Waals surface area contributed by atoms with Crippen LogP contribution in [-0.2, 0) is 11.3 Å². The number of carbonyl (C=O) groups is 1. The average molecular weight is 333 g/mol. The molecule has 3 aromatic rings. The number of furan rings is 1. The molecular weight excluding hydrogens is 314 g/mol. The van der Waals surface area contributed by atoms with E-state index in [2.05, 4.69) is 0 Å². The Morgan fingerprint density at radius 3 is 2.44 bits per heavy atom. The molecule has 0 aliphatic carbocycles. The Balaban J connectivity index is 1.85. The van der Waals surface area contributed by atoms with Crippen LogP contribution >= 0.6 is 0 Å². The van der Waals surface area contributed by atoms with Crippen LogP contribution in [0.4, 0.5) is 5.69 Å². The number of hydrogen-bond donors (Lipinski definition) is 0. The zero-order valence-electron chi connectivity index (χ0n) is 14.0. The van der Waals surface area contributed by atoms with Crippen LogP contribution in [0.2, 0.25) is 0 Å². The third-order valence-electron chi connectivity index (χ3n) is 3.77. The van der Waals surface area contributed by atoms with Gasteiger partial charge in [-0.25, -0.2) is 0 Å². The van der Waals surface area contributed by atoms with E-state index in [0.29, 0.717) is 12.3 Å². The van der Waals surface area contributed by atoms with Crippen LogP contribution in [0, 0.1) is 0 Å². The standard InChI is InChI=1S/C21H19NO3/c1-24-19-11-9-18(10-12-19)22(16-17-6-3-2-4-7-17)21(23)14-13-20-8-5-15-25-20/h2-15H,16H2,1H3/b14-13+. The van der Waals surface area contributed by atoms with Gasteiger partial charge in [0, 0.05) is 11.8 Å². The molecule has 1 heterocycles. The molecule has 0 spiro atoms. The maximum atomic E-state index is 12.8. The monoisotopic (exact) mass is 333 g/mol. The van der Waals surface area contributed by atoms with Crippen LogP contribution in [0.15, 0.2) is 83.5 Å². The van der Waals surface area contributed by atoms with Crippen LogP contribution in [0.1, 0.15) is 11.3 Å². The first-order chi connectivity index (χ1) is 12.3. The van der Waals surface area contributed by atoms with Crippen molar-refractivity contribution in [2.45, 2.75) is 6.54 Å². The summed E-state index contributed by atoms with van der Waals surface area (Å²) in [6, 6.07) is 20.9. The van der Waals surface area contributed by atoms with Gasteiger partial charge in [-0.2, -0.15) is 0 Å². The second-order valence-corrected chi connectivity index (χ2v) is 5.46. The van der Waals surface area contributed by atoms with Gasteiger partial charge in [0.1, 0.15) is 11.5 Å². The zero-order chi connectivity index (χ0) is 17.5. The minimum atomic E-state index is -0.120. The largest absolute Gasteiger partial charge is 0.497 e. The van der Waals surface area contributed by atoms with Crippen molar-refractivity contribution in [2.75, 3.05) is 12.0 Å². The van der Waals surface area contributed by atoms with Gasteiger partial charge in [0.2, 0.25) is 0 Å². The molecule has 0 radical (unpaired) electrons. The van der Waals surface area contributed by atoms with E-state index in [1.807, 2.05) is 54.6 Å². The molecule has 0 saturated heterocycles. The topological polar surface area (TPSA) is 42.7 Å². The fourth-order valence-electron chi connectivity index (χ4n) is 2.45. The summed E-state index contributed by atoms with van der Waals surface area (Å²) in [5.74, 6) is 1.27. The van der Waals surface area contributed by atoms with Crippen molar-refractivity contribution in [1.29, 1.82) is 0 Å². The molecule has 1 aromatic heterocycles. The first-order valence-electron chi connectivity index (χ1n) is 7.97. The van der Waals surface area contributed by atoms with E-state index in [0.717, 1.165) is 17.0 Å². The average Bonchev–Trinajstić information content (AvgIpc) is 3.19. The van der Waals surface area contributed by atoms with E-state index >= 15 is 0 Å². The Morgan fingerprint density at radius 2 is 1.80 bits per heavy atom. The maximum Gasteiger partial charge on any atom is 0.251 e. The summed E-state index contributed by atoms with van der Waals surface area (Å²) in [7, 11) is 1.62. The lowest BCUT2D eigenvalue weighted by Crippen LogP contribution is -2.28. The molecule has 0 N–H and O–H groups in total. The summed E-state index contributed by atoms with van der Waals surface area (Å²) >= 11 is 0.